The average Bonchev–Trinajstić information content (AvgIpc) is 2.99. The minimum Gasteiger partial charge on any atom is -0.497 e. The second kappa shape index (κ2) is 13.2. The number of benzene rings is 3. The summed E-state index contributed by atoms with van der Waals surface area (Å²) in [7, 11) is 6.76. The molecule has 4 aromatic rings. The summed E-state index contributed by atoms with van der Waals surface area (Å²) in [6, 6.07) is 15.9. The summed E-state index contributed by atoms with van der Waals surface area (Å²) in [6.45, 7) is 2.77. The summed E-state index contributed by atoms with van der Waals surface area (Å²) < 4.78 is 17.0. The van der Waals surface area contributed by atoms with Crippen molar-refractivity contribution < 1.29 is 23.8 Å². The quantitative estimate of drug-likeness (QED) is 0.262. The van der Waals surface area contributed by atoms with Crippen LogP contribution in [-0.2, 0) is 11.3 Å². The number of ether oxygens (including phenoxy) is 3. The molecule has 0 fully saturated rings. The minimum absolute atomic E-state index is 0.187. The van der Waals surface area contributed by atoms with E-state index >= 15 is 0 Å². The number of aromatic amines is 1. The maximum atomic E-state index is 13.6. The predicted octanol–water partition coefficient (Wildman–Crippen LogP) is 2.96. The van der Waals surface area contributed by atoms with E-state index in [4.69, 9.17) is 14.2 Å². The summed E-state index contributed by atoms with van der Waals surface area (Å²) in [4.78, 5) is 56.7. The Kier molecular flexibility index (Phi) is 9.43. The molecule has 3 aromatic carbocycles. The molecule has 1 atom stereocenters. The van der Waals surface area contributed by atoms with Crippen LogP contribution in [0, 0.1) is 0 Å². The molecule has 0 spiro atoms. The number of H-pyrrole nitrogens is 1. The largest absolute Gasteiger partial charge is 0.497 e. The SMILES string of the molecule is COc1ccc(CNC(=O)c2ccc3[nH]c(=O)n(C(C)c4ccc(C(=O)OCCN(C)C)c(OC)c4)c(=O)c3c2)cc1. The van der Waals surface area contributed by atoms with Crippen LogP contribution in [0.25, 0.3) is 10.9 Å². The number of nitrogens with one attached hydrogen (secondary N) is 2. The number of rotatable bonds is 11. The molecule has 0 aliphatic heterocycles. The molecule has 11 heteroatoms. The zero-order chi connectivity index (χ0) is 30.4. The lowest BCUT2D eigenvalue weighted by molar-refractivity contribution is 0.0478. The van der Waals surface area contributed by atoms with Crippen LogP contribution in [0.4, 0.5) is 0 Å². The van der Waals surface area contributed by atoms with Crippen LogP contribution in [0.3, 0.4) is 0 Å². The van der Waals surface area contributed by atoms with Crippen LogP contribution in [0.15, 0.2) is 70.3 Å². The molecule has 1 heterocycles. The van der Waals surface area contributed by atoms with Crippen molar-refractivity contribution in [3.63, 3.8) is 0 Å². The lowest BCUT2D eigenvalue weighted by Gasteiger charge is -2.18. The molecular weight excluding hydrogens is 540 g/mol. The first kappa shape index (κ1) is 30.1. The fourth-order valence-electron chi connectivity index (χ4n) is 4.43. The molecule has 2 N–H and O–H groups in total. The van der Waals surface area contributed by atoms with E-state index < -0.39 is 23.3 Å². The number of amides is 1. The van der Waals surface area contributed by atoms with Gasteiger partial charge in [0.1, 0.15) is 23.7 Å². The van der Waals surface area contributed by atoms with Crippen LogP contribution in [0.1, 0.15) is 44.8 Å². The second-order valence-corrected chi connectivity index (χ2v) is 9.97. The summed E-state index contributed by atoms with van der Waals surface area (Å²) >= 11 is 0. The minimum atomic E-state index is -0.717. The normalized spacial score (nSPS) is 11.8. The predicted molar refractivity (Wildman–Crippen MR) is 159 cm³/mol. The second-order valence-electron chi connectivity index (χ2n) is 9.97. The Morgan fingerprint density at radius 3 is 2.38 bits per heavy atom. The fourth-order valence-corrected chi connectivity index (χ4v) is 4.43. The van der Waals surface area contributed by atoms with Gasteiger partial charge >= 0.3 is 11.7 Å². The zero-order valence-corrected chi connectivity index (χ0v) is 24.2. The standard InChI is InChI=1S/C31H34N4O7/c1-19(21-8-12-24(27(17-21)41-5)30(38)42-15-14-34(2)3)35-29(37)25-16-22(9-13-26(25)33-31(35)39)28(36)32-18-20-6-10-23(40-4)11-7-20/h6-13,16-17,19H,14-15,18H2,1-5H3,(H,32,36)(H,33,39). The first-order valence-electron chi connectivity index (χ1n) is 13.3. The molecule has 0 radical (unpaired) electrons. The maximum Gasteiger partial charge on any atom is 0.341 e. The highest BCUT2D eigenvalue weighted by atomic mass is 16.5. The van der Waals surface area contributed by atoms with Gasteiger partial charge in [0.15, 0.2) is 0 Å². The van der Waals surface area contributed by atoms with Crippen LogP contribution in [-0.4, -0.2) is 67.8 Å². The molecule has 0 bridgehead atoms. The van der Waals surface area contributed by atoms with Gasteiger partial charge in [0.05, 0.1) is 31.2 Å². The number of methoxy groups -OCH3 is 2. The van der Waals surface area contributed by atoms with Gasteiger partial charge in [-0.1, -0.05) is 18.2 Å². The van der Waals surface area contributed by atoms with Gasteiger partial charge in [-0.2, -0.15) is 0 Å². The lowest BCUT2D eigenvalue weighted by atomic mass is 10.0. The number of nitrogens with zero attached hydrogens (tertiary/aromatic N) is 2. The summed E-state index contributed by atoms with van der Waals surface area (Å²) in [5, 5.41) is 3.03. The third-order valence-electron chi connectivity index (χ3n) is 6.89. The first-order valence-corrected chi connectivity index (χ1v) is 13.3. The van der Waals surface area contributed by atoms with Crippen molar-refractivity contribution in [2.45, 2.75) is 19.5 Å². The average molecular weight is 575 g/mol. The Bertz CT molecular complexity index is 1710. The molecule has 4 rings (SSSR count). The highest BCUT2D eigenvalue weighted by molar-refractivity contribution is 5.97. The van der Waals surface area contributed by atoms with Crippen molar-refractivity contribution in [2.75, 3.05) is 41.5 Å². The summed E-state index contributed by atoms with van der Waals surface area (Å²) in [5.74, 6) is 0.0732. The third kappa shape index (κ3) is 6.69. The number of likely N-dealkylation sites (N-methyl/N-ethyl adjacent to an activating group) is 1. The van der Waals surface area contributed by atoms with E-state index in [2.05, 4.69) is 10.3 Å². The number of aromatic nitrogens is 2. The number of fused-ring (bicyclic) bond motifs is 1. The number of hydrogen-bond donors (Lipinski definition) is 2. The van der Waals surface area contributed by atoms with Crippen molar-refractivity contribution in [1.82, 2.24) is 19.8 Å². The number of carbonyl (C=O) groups excluding carboxylic acids is 2. The van der Waals surface area contributed by atoms with Gasteiger partial charge in [-0.3, -0.25) is 14.2 Å². The van der Waals surface area contributed by atoms with Crippen LogP contribution >= 0.6 is 0 Å². The van der Waals surface area contributed by atoms with Crippen molar-refractivity contribution >= 4 is 22.8 Å². The van der Waals surface area contributed by atoms with Gasteiger partial charge in [0.25, 0.3) is 11.5 Å². The Labute approximate surface area is 242 Å². The Hall–Kier alpha value is -4.90. The molecule has 42 heavy (non-hydrogen) atoms. The summed E-state index contributed by atoms with van der Waals surface area (Å²) in [6.07, 6.45) is 0. The van der Waals surface area contributed by atoms with E-state index in [0.717, 1.165) is 10.1 Å². The van der Waals surface area contributed by atoms with Crippen molar-refractivity contribution in [1.29, 1.82) is 0 Å². The fraction of sp³-hybridized carbons (Fsp3) is 0.290. The monoisotopic (exact) mass is 574 g/mol. The zero-order valence-electron chi connectivity index (χ0n) is 24.2. The molecule has 1 unspecified atom stereocenters. The Morgan fingerprint density at radius 1 is 0.976 bits per heavy atom. The molecule has 0 saturated carbocycles. The van der Waals surface area contributed by atoms with Crippen LogP contribution in [0.2, 0.25) is 0 Å². The molecule has 1 amide bonds. The van der Waals surface area contributed by atoms with E-state index in [1.165, 1.54) is 19.2 Å². The number of hydrogen-bond acceptors (Lipinski definition) is 8. The van der Waals surface area contributed by atoms with Gasteiger partial charge in [0, 0.05) is 18.7 Å². The van der Waals surface area contributed by atoms with E-state index in [1.807, 2.05) is 31.1 Å². The number of esters is 1. The third-order valence-corrected chi connectivity index (χ3v) is 6.89. The molecule has 0 aliphatic carbocycles. The molecular formula is C31H34N4O7. The van der Waals surface area contributed by atoms with Crippen molar-refractivity contribution in [3.05, 3.63) is 104 Å². The maximum absolute atomic E-state index is 13.6. The van der Waals surface area contributed by atoms with Crippen molar-refractivity contribution in [2.24, 2.45) is 0 Å². The van der Waals surface area contributed by atoms with Gasteiger partial charge in [-0.25, -0.2) is 9.59 Å². The smallest absolute Gasteiger partial charge is 0.341 e. The highest BCUT2D eigenvalue weighted by Gasteiger charge is 2.20. The molecule has 0 saturated heterocycles. The van der Waals surface area contributed by atoms with Gasteiger partial charge in [0.2, 0.25) is 0 Å². The lowest BCUT2D eigenvalue weighted by Crippen LogP contribution is -2.37. The van der Waals surface area contributed by atoms with Crippen LogP contribution in [0.5, 0.6) is 11.5 Å². The highest BCUT2D eigenvalue weighted by Crippen LogP contribution is 2.26. The Morgan fingerprint density at radius 2 is 1.71 bits per heavy atom. The van der Waals surface area contributed by atoms with Crippen molar-refractivity contribution in [3.8, 4) is 11.5 Å². The van der Waals surface area contributed by atoms with Crippen LogP contribution < -0.4 is 26.0 Å². The first-order chi connectivity index (χ1) is 20.1. The Balaban J connectivity index is 1.59. The molecule has 1 aromatic heterocycles. The van der Waals surface area contributed by atoms with Gasteiger partial charge in [-0.15, -0.1) is 0 Å². The summed E-state index contributed by atoms with van der Waals surface area (Å²) in [5.41, 5.74) is 1.11. The van der Waals surface area contributed by atoms with E-state index in [0.29, 0.717) is 23.4 Å². The van der Waals surface area contributed by atoms with Gasteiger partial charge < -0.3 is 29.4 Å². The van der Waals surface area contributed by atoms with E-state index in [9.17, 15) is 19.2 Å². The van der Waals surface area contributed by atoms with E-state index in [-0.39, 0.29) is 41.3 Å². The van der Waals surface area contributed by atoms with Gasteiger partial charge in [-0.05, 0) is 74.6 Å². The molecule has 0 aliphatic rings. The molecule has 220 valence electrons. The molecule has 11 nitrogen and oxygen atoms in total. The number of carbonyl (C=O) groups is 2. The topological polar surface area (TPSA) is 132 Å². The van der Waals surface area contributed by atoms with E-state index in [1.54, 1.807) is 50.4 Å².